The highest BCUT2D eigenvalue weighted by atomic mass is 16.2. The van der Waals surface area contributed by atoms with Crippen LogP contribution < -0.4 is 11.1 Å². The molecule has 2 aliphatic heterocycles. The van der Waals surface area contributed by atoms with Gasteiger partial charge in [0.1, 0.15) is 0 Å². The van der Waals surface area contributed by atoms with Crippen LogP contribution in [0.25, 0.3) is 6.08 Å². The molecule has 0 spiro atoms. The van der Waals surface area contributed by atoms with E-state index in [1.807, 2.05) is 17.1 Å². The second kappa shape index (κ2) is 7.55. The zero-order valence-corrected chi connectivity index (χ0v) is 17.0. The first-order valence-corrected chi connectivity index (χ1v) is 10.6. The van der Waals surface area contributed by atoms with Crippen LogP contribution in [-0.4, -0.2) is 39.8 Å². The van der Waals surface area contributed by atoms with Gasteiger partial charge in [0.05, 0.1) is 34.1 Å². The van der Waals surface area contributed by atoms with Crippen LogP contribution in [0.3, 0.4) is 0 Å². The van der Waals surface area contributed by atoms with Crippen molar-refractivity contribution in [1.82, 2.24) is 9.88 Å². The molecule has 1 aromatic heterocycles. The number of hydrogen-bond donors (Lipinski definition) is 2. The summed E-state index contributed by atoms with van der Waals surface area (Å²) in [5, 5.41) is 13.0. The number of carbonyl (C=O) groups is 2. The molecule has 7 heteroatoms. The van der Waals surface area contributed by atoms with Crippen molar-refractivity contribution in [2.24, 2.45) is 5.73 Å². The summed E-state index contributed by atoms with van der Waals surface area (Å²) in [6.45, 7) is 0. The predicted octanol–water partition coefficient (Wildman–Crippen LogP) is 2.87. The molecular formula is C24H23N5O2. The maximum absolute atomic E-state index is 13.3. The number of fused-ring (bicyclic) bond motifs is 3. The zero-order chi connectivity index (χ0) is 21.5. The van der Waals surface area contributed by atoms with E-state index in [-0.39, 0.29) is 24.0 Å². The summed E-state index contributed by atoms with van der Waals surface area (Å²) >= 11 is 0. The molecule has 3 heterocycles. The van der Waals surface area contributed by atoms with Gasteiger partial charge in [0.25, 0.3) is 11.8 Å². The summed E-state index contributed by atoms with van der Waals surface area (Å²) in [5.41, 5.74) is 9.53. The highest BCUT2D eigenvalue weighted by Crippen LogP contribution is 2.39. The fraction of sp³-hybridized carbons (Fsp3) is 0.333. The maximum Gasteiger partial charge on any atom is 0.255 e. The van der Waals surface area contributed by atoms with Gasteiger partial charge in [-0.3, -0.25) is 14.6 Å². The zero-order valence-electron chi connectivity index (χ0n) is 17.0. The molecule has 2 aromatic rings. The van der Waals surface area contributed by atoms with Gasteiger partial charge in [-0.15, -0.1) is 0 Å². The van der Waals surface area contributed by atoms with Gasteiger partial charge in [0.2, 0.25) is 0 Å². The van der Waals surface area contributed by atoms with Crippen LogP contribution in [0, 0.1) is 11.3 Å². The summed E-state index contributed by atoms with van der Waals surface area (Å²) in [4.78, 5) is 31.6. The summed E-state index contributed by atoms with van der Waals surface area (Å²) in [5.74, 6) is -0.560. The lowest BCUT2D eigenvalue weighted by atomic mass is 9.94. The number of rotatable bonds is 4. The summed E-state index contributed by atoms with van der Waals surface area (Å²) < 4.78 is 0. The predicted molar refractivity (Wildman–Crippen MR) is 116 cm³/mol. The first-order chi connectivity index (χ1) is 15.1. The Morgan fingerprint density at radius 3 is 2.61 bits per heavy atom. The molecule has 3 N–H and O–H groups in total. The Bertz CT molecular complexity index is 1140. The fourth-order valence-corrected chi connectivity index (χ4v) is 5.28. The lowest BCUT2D eigenvalue weighted by Gasteiger charge is -2.40. The number of primary amides is 1. The average molecular weight is 413 g/mol. The number of nitriles is 1. The monoisotopic (exact) mass is 413 g/mol. The molecule has 156 valence electrons. The average Bonchev–Trinajstić information content (AvgIpc) is 3.36. The van der Waals surface area contributed by atoms with Crippen molar-refractivity contribution in [3.8, 4) is 6.07 Å². The Labute approximate surface area is 180 Å². The van der Waals surface area contributed by atoms with Crippen LogP contribution in [0.4, 0.5) is 5.69 Å². The first kappa shape index (κ1) is 19.3. The Morgan fingerprint density at radius 2 is 1.90 bits per heavy atom. The van der Waals surface area contributed by atoms with Crippen LogP contribution in [0.1, 0.15) is 63.2 Å². The number of hydrogen-bond acceptors (Lipinski definition) is 5. The second-order valence-corrected chi connectivity index (χ2v) is 8.45. The van der Waals surface area contributed by atoms with Crippen molar-refractivity contribution >= 4 is 23.6 Å². The molecule has 2 saturated heterocycles. The molecule has 2 bridgehead atoms. The van der Waals surface area contributed by atoms with Gasteiger partial charge in [-0.1, -0.05) is 24.3 Å². The van der Waals surface area contributed by atoms with Crippen molar-refractivity contribution in [1.29, 1.82) is 5.26 Å². The molecule has 31 heavy (non-hydrogen) atoms. The molecular weight excluding hydrogens is 390 g/mol. The van der Waals surface area contributed by atoms with E-state index < -0.39 is 5.91 Å². The van der Waals surface area contributed by atoms with E-state index in [1.165, 1.54) is 0 Å². The Morgan fingerprint density at radius 1 is 1.16 bits per heavy atom. The highest BCUT2D eigenvalue weighted by molar-refractivity contribution is 6.00. The second-order valence-electron chi connectivity index (χ2n) is 8.45. The van der Waals surface area contributed by atoms with Gasteiger partial charge in [-0.25, -0.2) is 0 Å². The van der Waals surface area contributed by atoms with Crippen LogP contribution in [-0.2, 0) is 6.42 Å². The normalized spacial score (nSPS) is 23.3. The number of amides is 2. The summed E-state index contributed by atoms with van der Waals surface area (Å²) in [6.07, 6.45) is 9.79. The van der Waals surface area contributed by atoms with Crippen LogP contribution in [0.2, 0.25) is 0 Å². The van der Waals surface area contributed by atoms with Gasteiger partial charge in [-0.2, -0.15) is 5.26 Å². The number of anilines is 1. The Balaban J connectivity index is 1.39. The Hall–Kier alpha value is -3.66. The first-order valence-electron chi connectivity index (χ1n) is 10.6. The smallest absolute Gasteiger partial charge is 0.255 e. The number of carbonyl (C=O) groups excluding carboxylic acids is 2. The van der Waals surface area contributed by atoms with Crippen molar-refractivity contribution in [3.63, 3.8) is 0 Å². The minimum absolute atomic E-state index is 0.0614. The molecule has 0 radical (unpaired) electrons. The number of aromatic nitrogens is 1. The molecule has 1 unspecified atom stereocenters. The van der Waals surface area contributed by atoms with Gasteiger partial charge >= 0.3 is 0 Å². The molecule has 3 aliphatic rings. The fourth-order valence-electron chi connectivity index (χ4n) is 5.28. The molecule has 2 fully saturated rings. The number of piperidine rings is 1. The van der Waals surface area contributed by atoms with Gasteiger partial charge in [-0.05, 0) is 37.8 Å². The van der Waals surface area contributed by atoms with Crippen molar-refractivity contribution in [2.75, 3.05) is 5.32 Å². The van der Waals surface area contributed by atoms with E-state index in [4.69, 9.17) is 5.73 Å². The van der Waals surface area contributed by atoms with E-state index >= 15 is 0 Å². The number of nitrogens with one attached hydrogen (secondary N) is 1. The largest absolute Gasteiger partial charge is 0.381 e. The molecule has 5 rings (SSSR count). The lowest BCUT2D eigenvalue weighted by Crippen LogP contribution is -2.50. The quantitative estimate of drug-likeness (QED) is 0.800. The standard InChI is InChI=1S/C24H23N5O2/c25-12-14-4-1-2-5-18(14)24(31)29-16-8-9-17(29)11-15(10-16)28-22-19-6-3-7-21(19)27-13-20(22)23(26)30/h1-6,13,15-17H,7-11H2,(H2,26,30)(H,27,28)/t15?,16-,17+. The number of nitrogens with zero attached hydrogens (tertiary/aromatic N) is 3. The maximum atomic E-state index is 13.3. The third-order valence-electron chi connectivity index (χ3n) is 6.65. The van der Waals surface area contributed by atoms with Crippen LogP contribution in [0.15, 0.2) is 36.5 Å². The van der Waals surface area contributed by atoms with Crippen molar-refractivity contribution in [3.05, 3.63) is 64.5 Å². The lowest BCUT2D eigenvalue weighted by molar-refractivity contribution is 0.0582. The summed E-state index contributed by atoms with van der Waals surface area (Å²) in [7, 11) is 0. The van der Waals surface area contributed by atoms with E-state index in [1.54, 1.807) is 30.5 Å². The van der Waals surface area contributed by atoms with Gasteiger partial charge in [0.15, 0.2) is 0 Å². The molecule has 2 amide bonds. The molecule has 7 nitrogen and oxygen atoms in total. The highest BCUT2D eigenvalue weighted by Gasteiger charge is 2.44. The topological polar surface area (TPSA) is 112 Å². The van der Waals surface area contributed by atoms with Gasteiger partial charge < -0.3 is 16.0 Å². The molecule has 3 atom stereocenters. The number of allylic oxidation sites excluding steroid dienone is 1. The molecule has 1 aromatic carbocycles. The number of benzene rings is 1. The third kappa shape index (κ3) is 3.25. The molecule has 0 saturated carbocycles. The number of nitrogens with two attached hydrogens (primary N) is 1. The third-order valence-corrected chi connectivity index (χ3v) is 6.65. The summed E-state index contributed by atoms with van der Waals surface area (Å²) in [6, 6.07) is 9.48. The number of pyridine rings is 1. The van der Waals surface area contributed by atoms with Gasteiger partial charge in [0, 0.05) is 36.3 Å². The van der Waals surface area contributed by atoms with Crippen LogP contribution in [0.5, 0.6) is 0 Å². The minimum Gasteiger partial charge on any atom is -0.381 e. The van der Waals surface area contributed by atoms with Crippen molar-refractivity contribution in [2.45, 2.75) is 50.2 Å². The minimum atomic E-state index is -0.498. The van der Waals surface area contributed by atoms with Crippen molar-refractivity contribution < 1.29 is 9.59 Å². The van der Waals surface area contributed by atoms with E-state index in [9.17, 15) is 14.9 Å². The SMILES string of the molecule is N#Cc1ccccc1C(=O)N1[C@@H]2CC[C@H]1CC(Nc1c(C(N)=O)cnc3c1C=CC3)C2. The molecule has 1 aliphatic carbocycles. The van der Waals surface area contributed by atoms with E-state index in [0.717, 1.165) is 49.0 Å². The van der Waals surface area contributed by atoms with Crippen LogP contribution >= 0.6 is 0 Å². The van der Waals surface area contributed by atoms with E-state index in [0.29, 0.717) is 16.7 Å². The Kier molecular flexibility index (Phi) is 4.70. The van der Waals surface area contributed by atoms with E-state index in [2.05, 4.69) is 16.4 Å².